The zero-order valence-electron chi connectivity index (χ0n) is 13.5. The minimum absolute atomic E-state index is 0.120. The molecule has 1 saturated heterocycles. The number of carbonyl (C=O) groups excluding carboxylic acids is 2. The molecule has 0 spiro atoms. The van der Waals surface area contributed by atoms with Crippen molar-refractivity contribution in [3.63, 3.8) is 0 Å². The number of halogens is 4. The number of esters is 1. The highest BCUT2D eigenvalue weighted by atomic mass is 35.5. The van der Waals surface area contributed by atoms with Crippen LogP contribution in [0.2, 0.25) is 5.02 Å². The number of rotatable bonds is 3. The third kappa shape index (κ3) is 4.98. The molecule has 1 amide bonds. The molecule has 0 saturated carbocycles. The Hall–Kier alpha value is -2.02. The van der Waals surface area contributed by atoms with E-state index in [0.717, 1.165) is 18.2 Å². The van der Waals surface area contributed by atoms with Crippen molar-refractivity contribution in [2.75, 3.05) is 20.2 Å². The van der Waals surface area contributed by atoms with Crippen LogP contribution in [0, 0.1) is 5.92 Å². The van der Waals surface area contributed by atoms with Gasteiger partial charge in [-0.25, -0.2) is 0 Å². The molecule has 1 aromatic rings. The first-order valence-electron chi connectivity index (χ1n) is 7.64. The molecule has 1 aliphatic heterocycles. The van der Waals surface area contributed by atoms with Crippen molar-refractivity contribution in [1.82, 2.24) is 4.90 Å². The van der Waals surface area contributed by atoms with Gasteiger partial charge in [0.2, 0.25) is 5.91 Å². The van der Waals surface area contributed by atoms with Crippen molar-refractivity contribution in [2.24, 2.45) is 5.92 Å². The zero-order chi connectivity index (χ0) is 18.6. The van der Waals surface area contributed by atoms with Gasteiger partial charge in [-0.15, -0.1) is 0 Å². The molecule has 1 aliphatic rings. The lowest BCUT2D eigenvalue weighted by Crippen LogP contribution is -2.39. The van der Waals surface area contributed by atoms with E-state index in [1.54, 1.807) is 0 Å². The molecule has 25 heavy (non-hydrogen) atoms. The maximum Gasteiger partial charge on any atom is 0.416 e. The molecule has 4 nitrogen and oxygen atoms in total. The molecule has 0 atom stereocenters. The van der Waals surface area contributed by atoms with E-state index in [2.05, 4.69) is 4.74 Å². The van der Waals surface area contributed by atoms with Crippen molar-refractivity contribution in [3.05, 3.63) is 40.4 Å². The van der Waals surface area contributed by atoms with Crippen molar-refractivity contribution in [3.8, 4) is 0 Å². The Morgan fingerprint density at radius 1 is 1.28 bits per heavy atom. The predicted molar refractivity (Wildman–Crippen MR) is 86.8 cm³/mol. The summed E-state index contributed by atoms with van der Waals surface area (Å²) in [6.07, 6.45) is -1.02. The quantitative estimate of drug-likeness (QED) is 0.596. The minimum atomic E-state index is -4.48. The molecule has 2 rings (SSSR count). The lowest BCUT2D eigenvalue weighted by Gasteiger charge is -2.29. The van der Waals surface area contributed by atoms with Gasteiger partial charge in [0.05, 0.1) is 18.6 Å². The summed E-state index contributed by atoms with van der Waals surface area (Å²) >= 11 is 5.89. The van der Waals surface area contributed by atoms with Gasteiger partial charge in [-0.05, 0) is 42.7 Å². The van der Waals surface area contributed by atoms with Crippen molar-refractivity contribution < 1.29 is 27.5 Å². The smallest absolute Gasteiger partial charge is 0.416 e. The minimum Gasteiger partial charge on any atom is -0.469 e. The number of likely N-dealkylation sites (tertiary alicyclic amines) is 1. The molecule has 0 aliphatic carbocycles. The maximum absolute atomic E-state index is 12.7. The molecule has 0 radical (unpaired) electrons. The van der Waals surface area contributed by atoms with Crippen molar-refractivity contribution in [1.29, 1.82) is 0 Å². The SMILES string of the molecule is COC(=O)C1CCN(C(=O)/C=C/c2cc(C(F)(F)F)ccc2Cl)CC1. The first kappa shape index (κ1) is 19.3. The summed E-state index contributed by atoms with van der Waals surface area (Å²) in [7, 11) is 1.32. The van der Waals surface area contributed by atoms with Crippen molar-refractivity contribution >= 4 is 29.6 Å². The van der Waals surface area contributed by atoms with E-state index in [4.69, 9.17) is 11.6 Å². The Balaban J connectivity index is 2.03. The normalized spacial score (nSPS) is 16.3. The van der Waals surface area contributed by atoms with E-state index in [0.29, 0.717) is 25.9 Å². The number of ether oxygens (including phenoxy) is 1. The first-order valence-corrected chi connectivity index (χ1v) is 8.01. The van der Waals surface area contributed by atoms with Crippen LogP contribution in [0.3, 0.4) is 0 Å². The van der Waals surface area contributed by atoms with Crippen molar-refractivity contribution in [2.45, 2.75) is 19.0 Å². The topological polar surface area (TPSA) is 46.6 Å². The van der Waals surface area contributed by atoms with E-state index < -0.39 is 11.7 Å². The lowest BCUT2D eigenvalue weighted by molar-refractivity contribution is -0.148. The number of carbonyl (C=O) groups is 2. The number of amides is 1. The average molecular weight is 376 g/mol. The number of hydrogen-bond acceptors (Lipinski definition) is 3. The van der Waals surface area contributed by atoms with Crippen LogP contribution < -0.4 is 0 Å². The van der Waals surface area contributed by atoms with E-state index in [9.17, 15) is 22.8 Å². The third-order valence-corrected chi connectivity index (χ3v) is 4.41. The molecule has 0 unspecified atom stereocenters. The summed E-state index contributed by atoms with van der Waals surface area (Å²) in [5.74, 6) is -0.855. The molecular weight excluding hydrogens is 359 g/mol. The molecule has 0 bridgehead atoms. The van der Waals surface area contributed by atoms with Crippen LogP contribution in [-0.2, 0) is 20.5 Å². The lowest BCUT2D eigenvalue weighted by atomic mass is 9.97. The average Bonchev–Trinajstić information content (AvgIpc) is 2.59. The van der Waals surface area contributed by atoms with Gasteiger partial charge in [-0.1, -0.05) is 11.6 Å². The predicted octanol–water partition coefficient (Wildman–Crippen LogP) is 3.78. The van der Waals surface area contributed by atoms with Crippen LogP contribution in [0.5, 0.6) is 0 Å². The Kier molecular flexibility index (Phi) is 6.11. The monoisotopic (exact) mass is 375 g/mol. The molecule has 1 heterocycles. The molecule has 0 aromatic heterocycles. The molecule has 1 aromatic carbocycles. The van der Waals surface area contributed by atoms with E-state index >= 15 is 0 Å². The summed E-state index contributed by atoms with van der Waals surface area (Å²) in [6.45, 7) is 0.776. The number of piperidine rings is 1. The van der Waals surface area contributed by atoms with Gasteiger partial charge in [-0.3, -0.25) is 9.59 Å². The Morgan fingerprint density at radius 3 is 2.48 bits per heavy atom. The molecule has 136 valence electrons. The van der Waals surface area contributed by atoms with Crippen LogP contribution in [0.15, 0.2) is 24.3 Å². The van der Waals surface area contributed by atoms with Crippen LogP contribution in [0.4, 0.5) is 13.2 Å². The summed E-state index contributed by atoms with van der Waals surface area (Å²) in [6, 6.07) is 2.94. The number of benzene rings is 1. The molecule has 8 heteroatoms. The standard InChI is InChI=1S/C17H17ClF3NO3/c1-25-16(24)11-6-8-22(9-7-11)15(23)5-2-12-10-13(17(19,20)21)3-4-14(12)18/h2-5,10-11H,6-9H2,1H3/b5-2+. The molecule has 0 N–H and O–H groups in total. The van der Waals surface area contributed by atoms with Crippen LogP contribution in [0.1, 0.15) is 24.0 Å². The second-order valence-electron chi connectivity index (χ2n) is 5.69. The van der Waals surface area contributed by atoms with E-state index in [1.807, 2.05) is 0 Å². The number of methoxy groups -OCH3 is 1. The zero-order valence-corrected chi connectivity index (χ0v) is 14.2. The number of alkyl halides is 3. The Morgan fingerprint density at radius 2 is 1.92 bits per heavy atom. The van der Waals surface area contributed by atoms with Gasteiger partial charge in [0.1, 0.15) is 0 Å². The maximum atomic E-state index is 12.7. The Labute approximate surface area is 148 Å². The molecular formula is C17H17ClF3NO3. The largest absolute Gasteiger partial charge is 0.469 e. The highest BCUT2D eigenvalue weighted by molar-refractivity contribution is 6.32. The summed E-state index contributed by atoms with van der Waals surface area (Å²) in [5.41, 5.74) is -0.711. The van der Waals surface area contributed by atoms with Crippen LogP contribution in [-0.4, -0.2) is 37.0 Å². The van der Waals surface area contributed by atoms with Gasteiger partial charge >= 0.3 is 12.1 Å². The number of hydrogen-bond donors (Lipinski definition) is 0. The fourth-order valence-corrected chi connectivity index (χ4v) is 2.80. The second kappa shape index (κ2) is 7.91. The summed E-state index contributed by atoms with van der Waals surface area (Å²) in [5, 5.41) is 0.126. The molecule has 1 fully saturated rings. The highest BCUT2D eigenvalue weighted by Crippen LogP contribution is 2.32. The summed E-state index contributed by atoms with van der Waals surface area (Å²) < 4.78 is 42.9. The summed E-state index contributed by atoms with van der Waals surface area (Å²) in [4.78, 5) is 25.2. The number of nitrogens with zero attached hydrogens (tertiary/aromatic N) is 1. The van der Waals surface area contributed by atoms with Gasteiger partial charge in [0, 0.05) is 24.2 Å². The van der Waals surface area contributed by atoms with E-state index in [1.165, 1.54) is 24.2 Å². The van der Waals surface area contributed by atoms with Crippen LogP contribution >= 0.6 is 11.6 Å². The first-order chi connectivity index (χ1) is 11.7. The van der Waals surface area contributed by atoms with Gasteiger partial charge in [0.15, 0.2) is 0 Å². The van der Waals surface area contributed by atoms with Crippen LogP contribution in [0.25, 0.3) is 6.08 Å². The second-order valence-corrected chi connectivity index (χ2v) is 6.10. The Bertz CT molecular complexity index is 680. The fourth-order valence-electron chi connectivity index (χ4n) is 2.62. The van der Waals surface area contributed by atoms with Gasteiger partial charge in [-0.2, -0.15) is 13.2 Å². The van der Waals surface area contributed by atoms with Gasteiger partial charge < -0.3 is 9.64 Å². The highest BCUT2D eigenvalue weighted by Gasteiger charge is 2.31. The fraction of sp³-hybridized carbons (Fsp3) is 0.412. The third-order valence-electron chi connectivity index (χ3n) is 4.07. The van der Waals surface area contributed by atoms with Gasteiger partial charge in [0.25, 0.3) is 0 Å². The van der Waals surface area contributed by atoms with E-state index in [-0.39, 0.29) is 28.4 Å².